The van der Waals surface area contributed by atoms with Gasteiger partial charge in [0.2, 0.25) is 0 Å². The quantitative estimate of drug-likeness (QED) is 0.919. The lowest BCUT2D eigenvalue weighted by molar-refractivity contribution is 0.0769. The first kappa shape index (κ1) is 14.7. The maximum Gasteiger partial charge on any atom is 0.272 e. The molecule has 1 aliphatic heterocycles. The van der Waals surface area contributed by atoms with Gasteiger partial charge in [-0.1, -0.05) is 6.07 Å². The van der Waals surface area contributed by atoms with Crippen molar-refractivity contribution in [1.82, 2.24) is 19.7 Å². The molecular weight excluding hydrogens is 280 g/mol. The number of aliphatic hydroxyl groups excluding tert-OH is 1. The Hall–Kier alpha value is -2.21. The van der Waals surface area contributed by atoms with E-state index in [-0.39, 0.29) is 24.3 Å². The number of hydrogen-bond acceptors (Lipinski definition) is 4. The number of hydrogen-bond donors (Lipinski definition) is 1. The largest absolute Gasteiger partial charge is 0.396 e. The normalized spacial score (nSPS) is 21.3. The topological polar surface area (TPSA) is 71.2 Å². The number of likely N-dealkylation sites (tertiary alicyclic amines) is 1. The second-order valence-electron chi connectivity index (χ2n) is 5.55. The Morgan fingerprint density at radius 1 is 1.32 bits per heavy atom. The fourth-order valence-electron chi connectivity index (χ4n) is 3.08. The molecule has 1 fully saturated rings. The maximum atomic E-state index is 12.7. The van der Waals surface area contributed by atoms with Gasteiger partial charge in [-0.15, -0.1) is 0 Å². The molecule has 3 heterocycles. The molecule has 0 radical (unpaired) electrons. The molecule has 6 heteroatoms. The standard InChI is InChI=1S/C16H20N4O2/c1-2-20-15(6-8-18-20)16(22)19-9-12(11-21)13(10-19)14-5-3-4-7-17-14/h3-8,12-13,21H,2,9-11H2,1H3/t12-,13+/m0/s1. The number of carbonyl (C=O) groups excluding carboxylic acids is 1. The van der Waals surface area contributed by atoms with Gasteiger partial charge in [0, 0.05) is 56.2 Å². The Kier molecular flexibility index (Phi) is 4.20. The van der Waals surface area contributed by atoms with Crippen LogP contribution >= 0.6 is 0 Å². The SMILES string of the molecule is CCn1nccc1C(=O)N1C[C@@H](CO)[C@H](c2ccccn2)C1. The van der Waals surface area contributed by atoms with Crippen molar-refractivity contribution in [2.24, 2.45) is 5.92 Å². The van der Waals surface area contributed by atoms with Crippen LogP contribution in [0.1, 0.15) is 29.0 Å². The van der Waals surface area contributed by atoms with E-state index < -0.39 is 0 Å². The van der Waals surface area contributed by atoms with Gasteiger partial charge in [-0.05, 0) is 25.1 Å². The van der Waals surface area contributed by atoms with Crippen LogP contribution in [0.25, 0.3) is 0 Å². The third-order valence-corrected chi connectivity index (χ3v) is 4.27. The summed E-state index contributed by atoms with van der Waals surface area (Å²) < 4.78 is 1.70. The van der Waals surface area contributed by atoms with Crippen LogP contribution in [0, 0.1) is 5.92 Å². The third kappa shape index (κ3) is 2.62. The summed E-state index contributed by atoms with van der Waals surface area (Å²) >= 11 is 0. The first-order chi connectivity index (χ1) is 10.7. The first-order valence-electron chi connectivity index (χ1n) is 7.57. The smallest absolute Gasteiger partial charge is 0.272 e. The fourth-order valence-corrected chi connectivity index (χ4v) is 3.08. The van der Waals surface area contributed by atoms with Crippen LogP contribution in [0.2, 0.25) is 0 Å². The molecule has 1 N–H and O–H groups in total. The Labute approximate surface area is 129 Å². The molecule has 1 saturated heterocycles. The van der Waals surface area contributed by atoms with Gasteiger partial charge in [0.05, 0.1) is 0 Å². The summed E-state index contributed by atoms with van der Waals surface area (Å²) in [5.74, 6) is 0.0706. The lowest BCUT2D eigenvalue weighted by atomic mass is 9.93. The minimum atomic E-state index is -0.0313. The highest BCUT2D eigenvalue weighted by atomic mass is 16.3. The molecular formula is C16H20N4O2. The van der Waals surface area contributed by atoms with Gasteiger partial charge in [0.15, 0.2) is 0 Å². The third-order valence-electron chi connectivity index (χ3n) is 4.27. The summed E-state index contributed by atoms with van der Waals surface area (Å²) in [6.07, 6.45) is 3.40. The Morgan fingerprint density at radius 3 is 2.86 bits per heavy atom. The number of amides is 1. The Morgan fingerprint density at radius 2 is 2.18 bits per heavy atom. The van der Waals surface area contributed by atoms with Crippen LogP contribution in [0.15, 0.2) is 36.7 Å². The molecule has 6 nitrogen and oxygen atoms in total. The summed E-state index contributed by atoms with van der Waals surface area (Å²) in [5, 5.41) is 13.8. The van der Waals surface area contributed by atoms with Crippen LogP contribution in [0.3, 0.4) is 0 Å². The van der Waals surface area contributed by atoms with Crippen molar-refractivity contribution in [3.05, 3.63) is 48.0 Å². The van der Waals surface area contributed by atoms with Crippen molar-refractivity contribution >= 4 is 5.91 Å². The number of nitrogens with zero attached hydrogens (tertiary/aromatic N) is 4. The molecule has 2 atom stereocenters. The summed E-state index contributed by atoms with van der Waals surface area (Å²) in [5.41, 5.74) is 1.53. The van der Waals surface area contributed by atoms with E-state index in [0.29, 0.717) is 25.3 Å². The molecule has 0 aromatic carbocycles. The number of aromatic nitrogens is 3. The van der Waals surface area contributed by atoms with Gasteiger partial charge >= 0.3 is 0 Å². The summed E-state index contributed by atoms with van der Waals surface area (Å²) in [7, 11) is 0. The molecule has 22 heavy (non-hydrogen) atoms. The van der Waals surface area contributed by atoms with Gasteiger partial charge in [-0.25, -0.2) is 0 Å². The van der Waals surface area contributed by atoms with Crippen LogP contribution in [0.4, 0.5) is 0 Å². The van der Waals surface area contributed by atoms with Crippen molar-refractivity contribution in [3.8, 4) is 0 Å². The molecule has 116 valence electrons. The zero-order chi connectivity index (χ0) is 15.5. The van der Waals surface area contributed by atoms with Crippen LogP contribution < -0.4 is 0 Å². The van der Waals surface area contributed by atoms with Crippen molar-refractivity contribution in [3.63, 3.8) is 0 Å². The number of aliphatic hydroxyl groups is 1. The molecule has 1 amide bonds. The monoisotopic (exact) mass is 300 g/mol. The average Bonchev–Trinajstić information content (AvgIpc) is 3.21. The minimum Gasteiger partial charge on any atom is -0.396 e. The second kappa shape index (κ2) is 6.27. The van der Waals surface area contributed by atoms with E-state index in [0.717, 1.165) is 5.69 Å². The van der Waals surface area contributed by atoms with E-state index in [9.17, 15) is 9.90 Å². The maximum absolute atomic E-state index is 12.7. The fraction of sp³-hybridized carbons (Fsp3) is 0.438. The highest BCUT2D eigenvalue weighted by molar-refractivity contribution is 5.92. The van der Waals surface area contributed by atoms with Gasteiger partial charge in [-0.2, -0.15) is 5.10 Å². The molecule has 2 aromatic rings. The minimum absolute atomic E-state index is 0.0249. The summed E-state index contributed by atoms with van der Waals surface area (Å²) in [6.45, 7) is 3.80. The van der Waals surface area contributed by atoms with Crippen LogP contribution in [-0.4, -0.2) is 50.4 Å². The predicted molar refractivity (Wildman–Crippen MR) is 81.4 cm³/mol. The summed E-state index contributed by atoms with van der Waals surface area (Å²) in [4.78, 5) is 18.9. The zero-order valence-electron chi connectivity index (χ0n) is 12.6. The number of rotatable bonds is 4. The highest BCUT2D eigenvalue weighted by Gasteiger charge is 2.37. The van der Waals surface area contributed by atoms with E-state index >= 15 is 0 Å². The lowest BCUT2D eigenvalue weighted by Crippen LogP contribution is -2.31. The van der Waals surface area contributed by atoms with E-state index in [1.165, 1.54) is 0 Å². The van der Waals surface area contributed by atoms with Crippen molar-refractivity contribution in [2.75, 3.05) is 19.7 Å². The molecule has 0 bridgehead atoms. The molecule has 1 aliphatic rings. The van der Waals surface area contributed by atoms with Crippen molar-refractivity contribution in [2.45, 2.75) is 19.4 Å². The predicted octanol–water partition coefficient (Wildman–Crippen LogP) is 1.15. The molecule has 0 spiro atoms. The molecule has 0 unspecified atom stereocenters. The van der Waals surface area contributed by atoms with Gasteiger partial charge in [-0.3, -0.25) is 14.5 Å². The first-order valence-corrected chi connectivity index (χ1v) is 7.57. The molecule has 3 rings (SSSR count). The molecule has 0 saturated carbocycles. The number of pyridine rings is 1. The average molecular weight is 300 g/mol. The highest BCUT2D eigenvalue weighted by Crippen LogP contribution is 2.32. The van der Waals surface area contributed by atoms with Gasteiger partial charge in [0.1, 0.15) is 5.69 Å². The van der Waals surface area contributed by atoms with Gasteiger partial charge < -0.3 is 10.0 Å². The van der Waals surface area contributed by atoms with Crippen molar-refractivity contribution in [1.29, 1.82) is 0 Å². The number of carbonyl (C=O) groups is 1. The number of aryl methyl sites for hydroxylation is 1. The van der Waals surface area contributed by atoms with Crippen LogP contribution in [-0.2, 0) is 6.54 Å². The molecule has 2 aromatic heterocycles. The zero-order valence-corrected chi connectivity index (χ0v) is 12.6. The Bertz CT molecular complexity index is 641. The van der Waals surface area contributed by atoms with E-state index in [1.807, 2.05) is 25.1 Å². The Balaban J connectivity index is 1.81. The van der Waals surface area contributed by atoms with E-state index in [1.54, 1.807) is 28.0 Å². The second-order valence-corrected chi connectivity index (χ2v) is 5.55. The van der Waals surface area contributed by atoms with Gasteiger partial charge in [0.25, 0.3) is 5.91 Å². The van der Waals surface area contributed by atoms with Crippen molar-refractivity contribution < 1.29 is 9.90 Å². The van der Waals surface area contributed by atoms with Crippen LogP contribution in [0.5, 0.6) is 0 Å². The molecule has 0 aliphatic carbocycles. The lowest BCUT2D eigenvalue weighted by Gasteiger charge is -2.16. The van der Waals surface area contributed by atoms with E-state index in [4.69, 9.17) is 0 Å². The summed E-state index contributed by atoms with van der Waals surface area (Å²) in [6, 6.07) is 7.51. The van der Waals surface area contributed by atoms with E-state index in [2.05, 4.69) is 10.1 Å².